The second-order valence-electron chi connectivity index (χ2n) is 14.7. The maximum Gasteiger partial charge on any atom is 0.319 e. The molecule has 0 aromatic heterocycles. The fourth-order valence-corrected chi connectivity index (χ4v) is 6.33. The van der Waals surface area contributed by atoms with Crippen LogP contribution in [0.2, 0.25) is 0 Å². The van der Waals surface area contributed by atoms with Gasteiger partial charge in [-0.25, -0.2) is 9.59 Å². The van der Waals surface area contributed by atoms with E-state index in [4.69, 9.17) is 0 Å². The zero-order valence-corrected chi connectivity index (χ0v) is 33.6. The van der Waals surface area contributed by atoms with E-state index in [0.717, 1.165) is 31.2 Å². The Morgan fingerprint density at radius 2 is 0.824 bits per heavy atom. The van der Waals surface area contributed by atoms with E-state index >= 15 is 0 Å². The van der Waals surface area contributed by atoms with Crippen LogP contribution in [-0.4, -0.2) is 25.2 Å². The quantitative estimate of drug-likeness (QED) is 0.0424. The van der Waals surface area contributed by atoms with Crippen LogP contribution in [0.15, 0.2) is 42.5 Å². The van der Waals surface area contributed by atoms with Gasteiger partial charge in [0.05, 0.1) is 0 Å². The van der Waals surface area contributed by atoms with Crippen molar-refractivity contribution in [2.45, 2.75) is 201 Å². The van der Waals surface area contributed by atoms with Crippen molar-refractivity contribution < 1.29 is 9.59 Å². The van der Waals surface area contributed by atoms with E-state index in [1.54, 1.807) is 0 Å². The maximum absolute atomic E-state index is 12.5. The molecule has 1 rings (SSSR count). The molecule has 292 valence electrons. The van der Waals surface area contributed by atoms with Gasteiger partial charge in [-0.3, -0.25) is 0 Å². The number of unbranched alkanes of at least 4 members (excludes halogenated alkanes) is 24. The number of benzene rings is 1. The fraction of sp³-hybridized carbons (Fsp3) is 0.733. The summed E-state index contributed by atoms with van der Waals surface area (Å²) >= 11 is 0. The Bertz CT molecular complexity index is 1020. The lowest BCUT2D eigenvalue weighted by molar-refractivity contribution is 0.251. The Kier molecular flexibility index (Phi) is 32.3. The predicted molar refractivity (Wildman–Crippen MR) is 224 cm³/mol. The Morgan fingerprint density at radius 1 is 0.471 bits per heavy atom. The van der Waals surface area contributed by atoms with Gasteiger partial charge in [0.15, 0.2) is 0 Å². The topological polar surface area (TPSA) is 82.3 Å². The van der Waals surface area contributed by atoms with Crippen molar-refractivity contribution >= 4 is 23.4 Å². The average molecular weight is 709 g/mol. The standard InChI is InChI=1S/C45H80N4O2/c1-4-6-8-10-12-14-16-18-20-22-24-26-28-30-32-34-38-46-44(50)48-42-37-36-41(3)43(40-42)49-45(51)47-39-35-33-31-29-27-25-23-21-19-17-15-13-11-9-7-5-2/h18-21,36-37,40H,4-17,22-35,38-39H2,1-3H3,(H2,46,48,50)(H2,47,49,51)/b20-18-,21-19-. The number of anilines is 2. The van der Waals surface area contributed by atoms with Crippen molar-refractivity contribution in [1.29, 1.82) is 0 Å². The highest BCUT2D eigenvalue weighted by molar-refractivity contribution is 5.93. The summed E-state index contributed by atoms with van der Waals surface area (Å²) in [6.07, 6.45) is 45.2. The molecule has 51 heavy (non-hydrogen) atoms. The highest BCUT2D eigenvalue weighted by Gasteiger charge is 2.08. The summed E-state index contributed by atoms with van der Waals surface area (Å²) in [4.78, 5) is 25.0. The first-order chi connectivity index (χ1) is 25.1. The summed E-state index contributed by atoms with van der Waals surface area (Å²) in [5.74, 6) is 0. The molecule has 0 radical (unpaired) electrons. The van der Waals surface area contributed by atoms with Gasteiger partial charge in [-0.1, -0.05) is 160 Å². The molecule has 0 unspecified atom stereocenters. The Morgan fingerprint density at radius 3 is 1.24 bits per heavy atom. The number of hydrogen-bond donors (Lipinski definition) is 4. The second-order valence-corrected chi connectivity index (χ2v) is 14.7. The van der Waals surface area contributed by atoms with Crippen LogP contribution in [0.1, 0.15) is 199 Å². The van der Waals surface area contributed by atoms with E-state index in [1.807, 2.05) is 25.1 Å². The lowest BCUT2D eigenvalue weighted by atomic mass is 10.1. The minimum absolute atomic E-state index is 0.201. The zero-order chi connectivity index (χ0) is 36.9. The summed E-state index contributed by atoms with van der Waals surface area (Å²) in [7, 11) is 0. The molecule has 0 heterocycles. The number of rotatable bonds is 34. The first kappa shape index (κ1) is 46.3. The third-order valence-corrected chi connectivity index (χ3v) is 9.69. The van der Waals surface area contributed by atoms with Gasteiger partial charge in [0.1, 0.15) is 0 Å². The molecule has 1 aromatic carbocycles. The molecule has 0 atom stereocenters. The average Bonchev–Trinajstić information content (AvgIpc) is 3.12. The SMILES string of the molecule is CCCCCCCC/C=C\CCCCCCCCNC(=O)Nc1ccc(C)c(NC(=O)NCCCCCCCC/C=C\CCCCCCCC)c1. The molecule has 0 spiro atoms. The Balaban J connectivity index is 2.02. The van der Waals surface area contributed by atoms with Gasteiger partial charge in [-0.15, -0.1) is 0 Å². The van der Waals surface area contributed by atoms with Crippen molar-refractivity contribution in [1.82, 2.24) is 10.6 Å². The summed E-state index contributed by atoms with van der Waals surface area (Å²) in [6.45, 7) is 7.84. The minimum Gasteiger partial charge on any atom is -0.338 e. The molecule has 6 heteroatoms. The van der Waals surface area contributed by atoms with Crippen molar-refractivity contribution in [3.05, 3.63) is 48.1 Å². The molecule has 1 aromatic rings. The smallest absolute Gasteiger partial charge is 0.319 e. The van der Waals surface area contributed by atoms with Gasteiger partial charge in [0.2, 0.25) is 0 Å². The van der Waals surface area contributed by atoms with Crippen molar-refractivity contribution in [2.75, 3.05) is 23.7 Å². The lowest BCUT2D eigenvalue weighted by Crippen LogP contribution is -2.30. The monoisotopic (exact) mass is 709 g/mol. The van der Waals surface area contributed by atoms with Crippen LogP contribution < -0.4 is 21.3 Å². The minimum atomic E-state index is -0.207. The number of amides is 4. The van der Waals surface area contributed by atoms with E-state index in [-0.39, 0.29) is 12.1 Å². The number of hydrogen-bond acceptors (Lipinski definition) is 2. The van der Waals surface area contributed by atoms with Gasteiger partial charge in [-0.05, 0) is 88.8 Å². The van der Waals surface area contributed by atoms with E-state index in [9.17, 15) is 9.59 Å². The molecule has 6 nitrogen and oxygen atoms in total. The van der Waals surface area contributed by atoms with Crippen LogP contribution in [-0.2, 0) is 0 Å². The molecule has 4 N–H and O–H groups in total. The Hall–Kier alpha value is -2.76. The molecule has 4 amide bonds. The summed E-state index contributed by atoms with van der Waals surface area (Å²) < 4.78 is 0. The molecule has 0 saturated carbocycles. The van der Waals surface area contributed by atoms with Gasteiger partial charge in [0, 0.05) is 24.5 Å². The van der Waals surface area contributed by atoms with Crippen LogP contribution in [0.5, 0.6) is 0 Å². The number of carbonyl (C=O) groups is 2. The van der Waals surface area contributed by atoms with E-state index in [1.165, 1.54) is 154 Å². The van der Waals surface area contributed by atoms with Gasteiger partial charge >= 0.3 is 12.1 Å². The predicted octanol–water partition coefficient (Wildman–Crippen LogP) is 14.3. The van der Waals surface area contributed by atoms with Crippen LogP contribution in [0.3, 0.4) is 0 Å². The highest BCUT2D eigenvalue weighted by atomic mass is 16.2. The van der Waals surface area contributed by atoms with Crippen LogP contribution in [0.4, 0.5) is 21.0 Å². The fourth-order valence-electron chi connectivity index (χ4n) is 6.33. The molecule has 0 aliphatic rings. The molecule has 0 saturated heterocycles. The number of nitrogens with one attached hydrogen (secondary N) is 4. The van der Waals surface area contributed by atoms with Crippen molar-refractivity contribution in [2.24, 2.45) is 0 Å². The third-order valence-electron chi connectivity index (χ3n) is 9.69. The van der Waals surface area contributed by atoms with Gasteiger partial charge < -0.3 is 21.3 Å². The summed E-state index contributed by atoms with van der Waals surface area (Å²) in [5.41, 5.74) is 2.33. The number of allylic oxidation sites excluding steroid dienone is 4. The molecule has 0 aliphatic carbocycles. The van der Waals surface area contributed by atoms with Gasteiger partial charge in [-0.2, -0.15) is 0 Å². The summed E-state index contributed by atoms with van der Waals surface area (Å²) in [6, 6.07) is 5.20. The Labute approximate surface area is 315 Å². The van der Waals surface area contributed by atoms with Crippen molar-refractivity contribution in [3.63, 3.8) is 0 Å². The van der Waals surface area contributed by atoms with Crippen molar-refractivity contribution in [3.8, 4) is 0 Å². The number of carbonyl (C=O) groups excluding carboxylic acids is 2. The largest absolute Gasteiger partial charge is 0.338 e. The highest BCUT2D eigenvalue weighted by Crippen LogP contribution is 2.20. The molecule has 0 fully saturated rings. The van der Waals surface area contributed by atoms with Gasteiger partial charge in [0.25, 0.3) is 0 Å². The molecule has 0 aliphatic heterocycles. The van der Waals surface area contributed by atoms with E-state index < -0.39 is 0 Å². The zero-order valence-electron chi connectivity index (χ0n) is 33.6. The lowest BCUT2D eigenvalue weighted by Gasteiger charge is -2.13. The van der Waals surface area contributed by atoms with E-state index in [0.29, 0.717) is 24.5 Å². The summed E-state index contributed by atoms with van der Waals surface area (Å²) in [5, 5.41) is 11.8. The normalized spacial score (nSPS) is 11.4. The second kappa shape index (κ2) is 35.6. The first-order valence-electron chi connectivity index (χ1n) is 21.6. The maximum atomic E-state index is 12.5. The number of urea groups is 2. The van der Waals surface area contributed by atoms with Crippen LogP contribution >= 0.6 is 0 Å². The van der Waals surface area contributed by atoms with Crippen LogP contribution in [0, 0.1) is 6.92 Å². The molecule has 0 bridgehead atoms. The molecular formula is C45H80N4O2. The van der Waals surface area contributed by atoms with E-state index in [2.05, 4.69) is 59.4 Å². The molecular weight excluding hydrogens is 629 g/mol. The van der Waals surface area contributed by atoms with Crippen LogP contribution in [0.25, 0.3) is 0 Å². The number of aryl methyl sites for hydroxylation is 1. The first-order valence-corrected chi connectivity index (χ1v) is 21.6. The third kappa shape index (κ3) is 30.6.